The van der Waals surface area contributed by atoms with Crippen molar-refractivity contribution in [2.24, 2.45) is 11.8 Å². The maximum atomic E-state index is 13.0. The smallest absolute Gasteiger partial charge is 0.320 e. The minimum atomic E-state index is -3.53. The van der Waals surface area contributed by atoms with Crippen molar-refractivity contribution < 1.29 is 26.4 Å². The molecule has 0 aromatic rings. The zero-order chi connectivity index (χ0) is 23.5. The predicted octanol–water partition coefficient (Wildman–Crippen LogP) is 1.49. The lowest BCUT2D eigenvalue weighted by Gasteiger charge is -2.48. The summed E-state index contributed by atoms with van der Waals surface area (Å²) in [5.74, 6) is -0.626. The highest BCUT2D eigenvalue weighted by atomic mass is 32.2. The first-order valence-corrected chi connectivity index (χ1v) is 15.1. The monoisotopic (exact) mass is 489 g/mol. The average Bonchev–Trinajstić information content (AvgIpc) is 3.44. The number of hydrogen-bond donors (Lipinski definition) is 1. The van der Waals surface area contributed by atoms with Crippen LogP contribution in [0.2, 0.25) is 0 Å². The van der Waals surface area contributed by atoms with E-state index in [1.54, 1.807) is 4.90 Å². The topological polar surface area (TPSA) is 121 Å². The number of rotatable bonds is 6. The van der Waals surface area contributed by atoms with E-state index in [0.717, 1.165) is 30.6 Å². The van der Waals surface area contributed by atoms with Crippen LogP contribution in [0, 0.1) is 11.8 Å². The van der Waals surface area contributed by atoms with Crippen LogP contribution in [0.25, 0.3) is 0 Å². The highest BCUT2D eigenvalue weighted by Gasteiger charge is 2.51. The van der Waals surface area contributed by atoms with Crippen molar-refractivity contribution in [1.82, 2.24) is 14.5 Å². The molecule has 3 atom stereocenters. The average molecular weight is 490 g/mol. The largest absolute Gasteiger partial charge is 0.326 e. The Hall–Kier alpha value is -1.20. The van der Waals surface area contributed by atoms with E-state index in [0.29, 0.717) is 32.2 Å². The van der Waals surface area contributed by atoms with Crippen molar-refractivity contribution in [2.45, 2.75) is 86.8 Å². The summed E-state index contributed by atoms with van der Waals surface area (Å²) in [6.07, 6.45) is 6.73. The third-order valence-corrected chi connectivity index (χ3v) is 11.8. The Balaban J connectivity index is 1.45. The number of carbonyl (C=O) groups excluding carboxylic acids is 2. The quantitative estimate of drug-likeness (QED) is 0.603. The van der Waals surface area contributed by atoms with Gasteiger partial charge in [-0.1, -0.05) is 0 Å². The summed E-state index contributed by atoms with van der Waals surface area (Å²) in [5.41, 5.74) is -0.351. The lowest BCUT2D eigenvalue weighted by atomic mass is 9.80. The van der Waals surface area contributed by atoms with Gasteiger partial charge < -0.3 is 4.90 Å². The van der Waals surface area contributed by atoms with E-state index in [2.05, 4.69) is 4.72 Å². The van der Waals surface area contributed by atoms with Crippen molar-refractivity contribution in [3.63, 3.8) is 0 Å². The molecule has 0 radical (unpaired) electrons. The normalized spacial score (nSPS) is 35.5. The molecule has 1 N–H and O–H groups in total. The first-order valence-electron chi connectivity index (χ1n) is 11.6. The van der Waals surface area contributed by atoms with Crippen LogP contribution < -0.4 is 4.72 Å². The van der Waals surface area contributed by atoms with Gasteiger partial charge in [-0.05, 0) is 70.6 Å². The van der Waals surface area contributed by atoms with Crippen LogP contribution in [-0.4, -0.2) is 80.5 Å². The van der Waals surface area contributed by atoms with Crippen molar-refractivity contribution >= 4 is 31.8 Å². The van der Waals surface area contributed by atoms with Crippen molar-refractivity contribution in [3.8, 4) is 0 Å². The van der Waals surface area contributed by atoms with Crippen LogP contribution in [0.1, 0.15) is 64.7 Å². The van der Waals surface area contributed by atoms with E-state index in [4.69, 9.17) is 0 Å². The number of sulfone groups is 1. The number of sulfonamides is 1. The van der Waals surface area contributed by atoms with E-state index in [1.165, 1.54) is 13.3 Å². The third-order valence-electron chi connectivity index (χ3n) is 8.03. The molecular weight excluding hydrogens is 454 g/mol. The molecule has 4 aliphatic rings. The van der Waals surface area contributed by atoms with E-state index in [-0.39, 0.29) is 41.1 Å². The number of nitrogens with one attached hydrogen (secondary N) is 1. The van der Waals surface area contributed by atoms with Gasteiger partial charge in [-0.15, -0.1) is 0 Å². The molecule has 4 fully saturated rings. The van der Waals surface area contributed by atoms with Gasteiger partial charge in [0.25, 0.3) is 0 Å². The summed E-state index contributed by atoms with van der Waals surface area (Å²) in [5, 5.41) is -0.937. The Morgan fingerprint density at radius 2 is 1.56 bits per heavy atom. The molecule has 1 saturated heterocycles. The Morgan fingerprint density at radius 1 is 0.969 bits per heavy atom. The van der Waals surface area contributed by atoms with E-state index < -0.39 is 31.0 Å². The molecule has 9 nitrogen and oxygen atoms in total. The number of fused-ring (bicyclic) bond motifs is 1. The molecule has 3 amide bonds. The fourth-order valence-electron chi connectivity index (χ4n) is 5.66. The Kier molecular flexibility index (Phi) is 6.16. The standard InChI is InChI=1S/C21H35N3O6S2/c1-21(10-11-21)22-32(29,30)16-8-9-18-17(12-16)19(25)23(2)20(26)24(18)13-14-4-6-15(7-5-14)31(3,27)28/h14-18,22H,4-13H2,1-3H3. The first-order chi connectivity index (χ1) is 14.8. The summed E-state index contributed by atoms with van der Waals surface area (Å²) < 4.78 is 52.3. The lowest BCUT2D eigenvalue weighted by Crippen LogP contribution is -2.63. The summed E-state index contributed by atoms with van der Waals surface area (Å²) in [6, 6.07) is -0.617. The number of hydrogen-bond acceptors (Lipinski definition) is 6. The third kappa shape index (κ3) is 4.70. The molecule has 3 aliphatic carbocycles. The minimum Gasteiger partial charge on any atom is -0.320 e. The number of imide groups is 1. The highest BCUT2D eigenvalue weighted by Crippen LogP contribution is 2.40. The number of nitrogens with zero attached hydrogens (tertiary/aromatic N) is 2. The molecule has 3 saturated carbocycles. The molecular formula is C21H35N3O6S2. The second-order valence-corrected chi connectivity index (χ2v) is 14.9. The van der Waals surface area contributed by atoms with Gasteiger partial charge in [0.05, 0.1) is 16.4 Å². The Labute approximate surface area is 191 Å². The minimum absolute atomic E-state index is 0.192. The van der Waals surface area contributed by atoms with Gasteiger partial charge >= 0.3 is 6.03 Å². The van der Waals surface area contributed by atoms with Crippen LogP contribution in [0.4, 0.5) is 4.79 Å². The number of carbonyl (C=O) groups is 2. The summed E-state index contributed by atoms with van der Waals surface area (Å²) in [7, 11) is -5.11. The summed E-state index contributed by atoms with van der Waals surface area (Å²) in [4.78, 5) is 28.8. The molecule has 0 aromatic carbocycles. The van der Waals surface area contributed by atoms with Gasteiger partial charge in [-0.3, -0.25) is 9.69 Å². The fourth-order valence-corrected chi connectivity index (χ4v) is 8.76. The van der Waals surface area contributed by atoms with Gasteiger partial charge in [0, 0.05) is 31.4 Å². The predicted molar refractivity (Wildman–Crippen MR) is 120 cm³/mol. The molecule has 1 heterocycles. The SMILES string of the molecule is CN1C(=O)C2CC(S(=O)(=O)NC3(C)CC3)CCC2N(CC2CCC(S(C)(=O)=O)CC2)C1=O. The van der Waals surface area contributed by atoms with Crippen LogP contribution in [0.5, 0.6) is 0 Å². The summed E-state index contributed by atoms with van der Waals surface area (Å²) >= 11 is 0. The number of urea groups is 1. The Bertz CT molecular complexity index is 983. The van der Waals surface area contributed by atoms with Gasteiger partial charge in [0.15, 0.2) is 0 Å². The fraction of sp³-hybridized carbons (Fsp3) is 0.905. The molecule has 1 aliphatic heterocycles. The van der Waals surface area contributed by atoms with Gasteiger partial charge in [-0.25, -0.2) is 26.4 Å². The zero-order valence-electron chi connectivity index (χ0n) is 19.1. The molecule has 0 aromatic heterocycles. The second-order valence-electron chi connectivity index (χ2n) is 10.6. The number of amides is 3. The van der Waals surface area contributed by atoms with E-state index in [1.807, 2.05) is 6.92 Å². The van der Waals surface area contributed by atoms with Gasteiger partial charge in [0.2, 0.25) is 15.9 Å². The van der Waals surface area contributed by atoms with E-state index in [9.17, 15) is 26.4 Å². The lowest BCUT2D eigenvalue weighted by molar-refractivity contribution is -0.139. The van der Waals surface area contributed by atoms with Crippen LogP contribution in [0.3, 0.4) is 0 Å². The molecule has 32 heavy (non-hydrogen) atoms. The van der Waals surface area contributed by atoms with Crippen molar-refractivity contribution in [1.29, 1.82) is 0 Å². The van der Waals surface area contributed by atoms with E-state index >= 15 is 0 Å². The Morgan fingerprint density at radius 3 is 2.12 bits per heavy atom. The molecule has 0 bridgehead atoms. The van der Waals surface area contributed by atoms with Crippen LogP contribution in [0.15, 0.2) is 0 Å². The zero-order valence-corrected chi connectivity index (χ0v) is 20.8. The van der Waals surface area contributed by atoms with Gasteiger partial charge in [0.1, 0.15) is 9.84 Å². The molecule has 0 spiro atoms. The van der Waals surface area contributed by atoms with Crippen molar-refractivity contribution in [3.05, 3.63) is 0 Å². The maximum Gasteiger partial charge on any atom is 0.326 e. The van der Waals surface area contributed by atoms with Crippen LogP contribution in [-0.2, 0) is 24.7 Å². The molecule has 11 heteroatoms. The second kappa shape index (κ2) is 8.23. The van der Waals surface area contributed by atoms with Crippen LogP contribution >= 0.6 is 0 Å². The van der Waals surface area contributed by atoms with Crippen molar-refractivity contribution in [2.75, 3.05) is 19.8 Å². The molecule has 182 valence electrons. The highest BCUT2D eigenvalue weighted by molar-refractivity contribution is 7.91. The van der Waals surface area contributed by atoms with Gasteiger partial charge in [-0.2, -0.15) is 0 Å². The first kappa shape index (κ1) is 23.9. The maximum absolute atomic E-state index is 13.0. The molecule has 3 unspecified atom stereocenters. The summed E-state index contributed by atoms with van der Waals surface area (Å²) in [6.45, 7) is 2.39. The molecule has 4 rings (SSSR count).